The average molecular weight is 531 g/mol. The third-order valence-electron chi connectivity index (χ3n) is 5.42. The summed E-state index contributed by atoms with van der Waals surface area (Å²) in [6.45, 7) is 1.77. The van der Waals surface area contributed by atoms with Crippen LogP contribution < -0.4 is 20.5 Å². The van der Waals surface area contributed by atoms with Crippen LogP contribution in [0.15, 0.2) is 58.9 Å². The lowest BCUT2D eigenvalue weighted by molar-refractivity contribution is -0.136. The molecule has 0 fully saturated rings. The summed E-state index contributed by atoms with van der Waals surface area (Å²) in [7, 11) is 1.21. The molecule has 0 saturated carbocycles. The van der Waals surface area contributed by atoms with E-state index >= 15 is 0 Å². The maximum atomic E-state index is 13.4. The number of methoxy groups -OCH3 is 1. The number of fused-ring (bicyclic) bond motifs is 1. The lowest BCUT2D eigenvalue weighted by atomic mass is 9.83. The van der Waals surface area contributed by atoms with Crippen LogP contribution in [0.5, 0.6) is 0 Å². The smallest absolute Gasteiger partial charge is 0.338 e. The minimum absolute atomic E-state index is 0.0386. The topological polar surface area (TPSA) is 101 Å². The van der Waals surface area contributed by atoms with Crippen LogP contribution in [0.2, 0.25) is 10.0 Å². The van der Waals surface area contributed by atoms with Gasteiger partial charge in [-0.15, -0.1) is 11.3 Å². The predicted molar refractivity (Wildman–Crippen MR) is 137 cm³/mol. The van der Waals surface area contributed by atoms with E-state index in [2.05, 4.69) is 0 Å². The Morgan fingerprint density at radius 3 is 2.20 bits per heavy atom. The molecule has 1 atom stereocenters. The van der Waals surface area contributed by atoms with E-state index in [1.807, 2.05) is 0 Å². The van der Waals surface area contributed by atoms with Crippen molar-refractivity contribution in [1.29, 1.82) is 0 Å². The van der Waals surface area contributed by atoms with Crippen molar-refractivity contribution in [2.45, 2.75) is 12.8 Å². The minimum Gasteiger partial charge on any atom is -0.466 e. The number of nitrogens with two attached hydrogens (primary N) is 1. The first-order chi connectivity index (χ1) is 16.8. The number of thiazole rings is 1. The highest BCUT2D eigenvalue weighted by Gasteiger charge is 2.39. The van der Waals surface area contributed by atoms with Gasteiger partial charge in [0, 0.05) is 10.0 Å². The summed E-state index contributed by atoms with van der Waals surface area (Å²) >= 11 is 13.1. The molecular weight excluding hydrogens is 511 g/mol. The second-order valence-corrected chi connectivity index (χ2v) is 9.42. The number of nitrogens with zero attached hydrogens (tertiary/aromatic N) is 1. The van der Waals surface area contributed by atoms with Gasteiger partial charge in [0.15, 0.2) is 0 Å². The number of ether oxygens (including phenoxy) is 2. The van der Waals surface area contributed by atoms with Gasteiger partial charge in [-0.3, -0.25) is 9.36 Å². The summed E-state index contributed by atoms with van der Waals surface area (Å²) in [5.74, 6) is -2.48. The van der Waals surface area contributed by atoms with Gasteiger partial charge in [-0.1, -0.05) is 47.5 Å². The van der Waals surface area contributed by atoms with Gasteiger partial charge in [0.25, 0.3) is 5.56 Å². The number of halogens is 2. The first kappa shape index (κ1) is 24.8. The second-order valence-electron chi connectivity index (χ2n) is 7.52. The highest BCUT2D eigenvalue weighted by Crippen LogP contribution is 2.38. The highest BCUT2D eigenvalue weighted by atomic mass is 35.5. The Labute approximate surface area is 214 Å². The minimum atomic E-state index is -0.930. The molecule has 1 aromatic heterocycles. The quantitative estimate of drug-likeness (QED) is 0.509. The Bertz CT molecular complexity index is 1520. The SMILES string of the molecule is CCOC(=O)C1=c2s/c(=C\c3ccc(Cl)cc3)c(=O)n2C(N)=C(C(=O)OC)C1c1ccc(Cl)cc1. The van der Waals surface area contributed by atoms with Crippen LogP contribution in [0.25, 0.3) is 17.5 Å². The summed E-state index contributed by atoms with van der Waals surface area (Å²) in [6, 6.07) is 13.6. The fraction of sp³-hybridized carbons (Fsp3) is 0.160. The first-order valence-corrected chi connectivity index (χ1v) is 12.1. The highest BCUT2D eigenvalue weighted by molar-refractivity contribution is 7.07. The van der Waals surface area contributed by atoms with E-state index in [-0.39, 0.29) is 28.2 Å². The Morgan fingerprint density at radius 2 is 1.63 bits per heavy atom. The number of hydrogen-bond donors (Lipinski definition) is 1. The molecule has 0 radical (unpaired) electrons. The largest absolute Gasteiger partial charge is 0.466 e. The lowest BCUT2D eigenvalue weighted by Gasteiger charge is -2.26. The molecular formula is C25H20Cl2N2O5S. The monoisotopic (exact) mass is 530 g/mol. The second kappa shape index (κ2) is 10.1. The fourth-order valence-corrected chi connectivity index (χ4v) is 5.28. The molecule has 4 rings (SSSR count). The van der Waals surface area contributed by atoms with E-state index in [0.717, 1.165) is 21.5 Å². The first-order valence-electron chi connectivity index (χ1n) is 10.5. The molecule has 7 nitrogen and oxygen atoms in total. The molecule has 1 unspecified atom stereocenters. The zero-order valence-electron chi connectivity index (χ0n) is 18.7. The van der Waals surface area contributed by atoms with Crippen LogP contribution >= 0.6 is 34.5 Å². The van der Waals surface area contributed by atoms with Crippen molar-refractivity contribution < 1.29 is 19.1 Å². The zero-order valence-corrected chi connectivity index (χ0v) is 21.0. The molecule has 0 aliphatic carbocycles. The molecule has 35 heavy (non-hydrogen) atoms. The molecule has 2 heterocycles. The fourth-order valence-electron chi connectivity index (χ4n) is 3.86. The van der Waals surface area contributed by atoms with E-state index in [9.17, 15) is 14.4 Å². The molecule has 2 aromatic carbocycles. The number of rotatable bonds is 5. The summed E-state index contributed by atoms with van der Waals surface area (Å²) < 4.78 is 12.1. The van der Waals surface area contributed by atoms with E-state index in [4.69, 9.17) is 38.4 Å². The van der Waals surface area contributed by atoms with Crippen LogP contribution in [0, 0.1) is 0 Å². The van der Waals surface area contributed by atoms with Crippen molar-refractivity contribution >= 4 is 63.9 Å². The summed E-state index contributed by atoms with van der Waals surface area (Å²) in [5.41, 5.74) is 7.31. The molecule has 3 aromatic rings. The van der Waals surface area contributed by atoms with Gasteiger partial charge in [-0.2, -0.15) is 0 Å². The van der Waals surface area contributed by atoms with E-state index < -0.39 is 23.4 Å². The molecule has 180 valence electrons. The van der Waals surface area contributed by atoms with Crippen molar-refractivity contribution in [2.24, 2.45) is 5.73 Å². The third-order valence-corrected chi connectivity index (χ3v) is 7.03. The molecule has 1 aliphatic heterocycles. The summed E-state index contributed by atoms with van der Waals surface area (Å²) in [6.07, 6.45) is 1.67. The maximum absolute atomic E-state index is 13.4. The molecule has 2 N–H and O–H groups in total. The van der Waals surface area contributed by atoms with Gasteiger partial charge in [-0.05, 0) is 48.4 Å². The van der Waals surface area contributed by atoms with Crippen LogP contribution in [-0.2, 0) is 19.1 Å². The van der Waals surface area contributed by atoms with Crippen molar-refractivity contribution in [3.05, 3.63) is 94.8 Å². The van der Waals surface area contributed by atoms with Crippen LogP contribution in [0.4, 0.5) is 0 Å². The van der Waals surface area contributed by atoms with Crippen LogP contribution in [0.1, 0.15) is 24.0 Å². The third kappa shape index (κ3) is 4.65. The molecule has 0 amide bonds. The van der Waals surface area contributed by atoms with Crippen molar-refractivity contribution in [3.63, 3.8) is 0 Å². The number of benzene rings is 2. The zero-order chi connectivity index (χ0) is 25.3. The lowest BCUT2D eigenvalue weighted by Crippen LogP contribution is -2.41. The standard InChI is InChI=1S/C25H20Cl2N2O5S/c1-3-34-25(32)20-18(14-6-10-16(27)11-7-14)19(24(31)33-2)21(28)29-22(30)17(35-23(20)29)12-13-4-8-15(26)9-5-13/h4-12,18H,3,28H2,1-2H3/b17-12-. The molecule has 10 heteroatoms. The maximum Gasteiger partial charge on any atom is 0.338 e. The normalized spacial score (nSPS) is 15.7. The van der Waals surface area contributed by atoms with Gasteiger partial charge in [0.2, 0.25) is 0 Å². The molecule has 1 aliphatic rings. The summed E-state index contributed by atoms with van der Waals surface area (Å²) in [4.78, 5) is 39.6. The van der Waals surface area contributed by atoms with Crippen molar-refractivity contribution in [1.82, 2.24) is 4.57 Å². The Kier molecular flexibility index (Phi) is 7.16. The van der Waals surface area contributed by atoms with Gasteiger partial charge in [0.1, 0.15) is 10.5 Å². The number of hydrogen-bond acceptors (Lipinski definition) is 7. The van der Waals surface area contributed by atoms with Gasteiger partial charge in [-0.25, -0.2) is 9.59 Å². The number of esters is 2. The molecule has 0 saturated heterocycles. The molecule has 0 bridgehead atoms. The van der Waals surface area contributed by atoms with Crippen LogP contribution in [0.3, 0.4) is 0 Å². The Hall–Kier alpha value is -3.33. The van der Waals surface area contributed by atoms with Crippen molar-refractivity contribution in [3.8, 4) is 0 Å². The van der Waals surface area contributed by atoms with E-state index in [1.165, 1.54) is 7.11 Å². The average Bonchev–Trinajstić information content (AvgIpc) is 3.16. The molecule has 0 spiro atoms. The Morgan fingerprint density at radius 1 is 1.03 bits per heavy atom. The number of carbonyl (C=O) groups is 2. The number of aromatic nitrogens is 1. The van der Waals surface area contributed by atoms with Gasteiger partial charge < -0.3 is 15.2 Å². The van der Waals surface area contributed by atoms with Gasteiger partial charge in [0.05, 0.1) is 35.3 Å². The number of carbonyl (C=O) groups excluding carboxylic acids is 2. The summed E-state index contributed by atoms with van der Waals surface area (Å²) in [5, 5.41) is 1.04. The van der Waals surface area contributed by atoms with E-state index in [0.29, 0.717) is 20.1 Å². The van der Waals surface area contributed by atoms with Crippen molar-refractivity contribution in [2.75, 3.05) is 13.7 Å². The Balaban J connectivity index is 2.11. The van der Waals surface area contributed by atoms with Crippen LogP contribution in [-0.4, -0.2) is 30.2 Å². The predicted octanol–water partition coefficient (Wildman–Crippen LogP) is 2.86. The van der Waals surface area contributed by atoms with E-state index in [1.54, 1.807) is 61.5 Å². The van der Waals surface area contributed by atoms with Gasteiger partial charge >= 0.3 is 11.9 Å².